The normalized spacial score (nSPS) is 30.7. The van der Waals surface area contributed by atoms with Crippen LogP contribution in [0, 0.1) is 17.8 Å². The van der Waals surface area contributed by atoms with Gasteiger partial charge in [-0.2, -0.15) is 0 Å². The van der Waals surface area contributed by atoms with Crippen LogP contribution in [0.5, 0.6) is 0 Å². The molecule has 2 aliphatic rings. The SMILES string of the molecule is CCCNC(CC1CC2CCC1C2)c1cnccn1. The van der Waals surface area contributed by atoms with Crippen molar-refractivity contribution in [1.82, 2.24) is 15.3 Å². The lowest BCUT2D eigenvalue weighted by molar-refractivity contribution is 0.277. The second-order valence-electron chi connectivity index (χ2n) is 6.31. The Morgan fingerprint density at radius 1 is 1.32 bits per heavy atom. The van der Waals surface area contributed by atoms with Crippen molar-refractivity contribution in [3.05, 3.63) is 24.3 Å². The highest BCUT2D eigenvalue weighted by Crippen LogP contribution is 2.50. The average molecular weight is 259 g/mol. The molecule has 2 aliphatic carbocycles. The Hall–Kier alpha value is -0.960. The Bertz CT molecular complexity index is 392. The van der Waals surface area contributed by atoms with Crippen LogP contribution in [0.15, 0.2) is 18.6 Å². The van der Waals surface area contributed by atoms with Gasteiger partial charge in [0.05, 0.1) is 11.7 Å². The van der Waals surface area contributed by atoms with E-state index in [4.69, 9.17) is 0 Å². The van der Waals surface area contributed by atoms with E-state index in [0.29, 0.717) is 6.04 Å². The van der Waals surface area contributed by atoms with Gasteiger partial charge >= 0.3 is 0 Å². The molecule has 0 amide bonds. The third-order valence-electron chi connectivity index (χ3n) is 5.00. The molecule has 1 heterocycles. The van der Waals surface area contributed by atoms with Gasteiger partial charge in [-0.15, -0.1) is 0 Å². The second kappa shape index (κ2) is 6.00. The lowest BCUT2D eigenvalue weighted by Crippen LogP contribution is -2.27. The van der Waals surface area contributed by atoms with E-state index >= 15 is 0 Å². The van der Waals surface area contributed by atoms with E-state index in [9.17, 15) is 0 Å². The Labute approximate surface area is 116 Å². The first-order valence-electron chi connectivity index (χ1n) is 7.86. The van der Waals surface area contributed by atoms with Crippen molar-refractivity contribution in [2.45, 2.75) is 51.5 Å². The number of rotatable bonds is 6. The van der Waals surface area contributed by atoms with Crippen molar-refractivity contribution >= 4 is 0 Å². The third kappa shape index (κ3) is 2.97. The minimum atomic E-state index is 0.401. The molecule has 1 aromatic heterocycles. The van der Waals surface area contributed by atoms with Crippen LogP contribution >= 0.6 is 0 Å². The molecule has 2 saturated carbocycles. The number of fused-ring (bicyclic) bond motifs is 2. The monoisotopic (exact) mass is 259 g/mol. The molecule has 0 saturated heterocycles. The number of nitrogens with zero attached hydrogens (tertiary/aromatic N) is 2. The average Bonchev–Trinajstić information content (AvgIpc) is 3.07. The lowest BCUT2D eigenvalue weighted by atomic mass is 9.83. The van der Waals surface area contributed by atoms with Gasteiger partial charge in [-0.25, -0.2) is 0 Å². The highest BCUT2D eigenvalue weighted by atomic mass is 14.9. The summed E-state index contributed by atoms with van der Waals surface area (Å²) in [6, 6.07) is 0.401. The first-order chi connectivity index (χ1) is 9.36. The largest absolute Gasteiger partial charge is 0.309 e. The molecule has 1 N–H and O–H groups in total. The van der Waals surface area contributed by atoms with Gasteiger partial charge < -0.3 is 5.32 Å². The number of aromatic nitrogens is 2. The summed E-state index contributed by atoms with van der Waals surface area (Å²) in [5, 5.41) is 3.67. The van der Waals surface area contributed by atoms with Crippen LogP contribution < -0.4 is 5.32 Å². The van der Waals surface area contributed by atoms with E-state index in [0.717, 1.165) is 30.0 Å². The second-order valence-corrected chi connectivity index (χ2v) is 6.31. The standard InChI is InChI=1S/C16H25N3/c1-2-5-18-15(16-11-17-6-7-19-16)10-14-9-12-3-4-13(14)8-12/h6-7,11-15,18H,2-5,8-10H2,1H3. The van der Waals surface area contributed by atoms with Crippen LogP contribution in [0.4, 0.5) is 0 Å². The zero-order valence-electron chi connectivity index (χ0n) is 11.9. The van der Waals surface area contributed by atoms with E-state index in [1.807, 2.05) is 12.4 Å². The van der Waals surface area contributed by atoms with Gasteiger partial charge in [0, 0.05) is 18.6 Å². The fourth-order valence-electron chi connectivity index (χ4n) is 4.09. The Balaban J connectivity index is 1.66. The fourth-order valence-corrected chi connectivity index (χ4v) is 4.09. The third-order valence-corrected chi connectivity index (χ3v) is 5.00. The molecular formula is C16H25N3. The molecule has 0 aromatic carbocycles. The molecule has 104 valence electrons. The Morgan fingerprint density at radius 3 is 2.89 bits per heavy atom. The van der Waals surface area contributed by atoms with Crippen LogP contribution in [0.1, 0.15) is 57.2 Å². The highest BCUT2D eigenvalue weighted by Gasteiger charge is 2.40. The van der Waals surface area contributed by atoms with Gasteiger partial charge in [0.1, 0.15) is 0 Å². The highest BCUT2D eigenvalue weighted by molar-refractivity contribution is 5.04. The van der Waals surface area contributed by atoms with Crippen LogP contribution in [-0.4, -0.2) is 16.5 Å². The van der Waals surface area contributed by atoms with E-state index in [2.05, 4.69) is 22.2 Å². The molecule has 19 heavy (non-hydrogen) atoms. The predicted molar refractivity (Wildman–Crippen MR) is 76.6 cm³/mol. The van der Waals surface area contributed by atoms with Crippen molar-refractivity contribution in [2.24, 2.45) is 17.8 Å². The van der Waals surface area contributed by atoms with E-state index < -0.39 is 0 Å². The van der Waals surface area contributed by atoms with Gasteiger partial charge in [-0.3, -0.25) is 9.97 Å². The molecule has 4 unspecified atom stereocenters. The predicted octanol–water partition coefficient (Wildman–Crippen LogP) is 3.34. The molecule has 0 aliphatic heterocycles. The smallest absolute Gasteiger partial charge is 0.0756 e. The van der Waals surface area contributed by atoms with E-state index in [-0.39, 0.29) is 0 Å². The minimum absolute atomic E-state index is 0.401. The topological polar surface area (TPSA) is 37.8 Å². The van der Waals surface area contributed by atoms with Crippen molar-refractivity contribution in [3.63, 3.8) is 0 Å². The molecule has 2 bridgehead atoms. The summed E-state index contributed by atoms with van der Waals surface area (Å²) in [6.07, 6.45) is 13.8. The van der Waals surface area contributed by atoms with Crippen molar-refractivity contribution in [2.75, 3.05) is 6.54 Å². The number of hydrogen-bond acceptors (Lipinski definition) is 3. The van der Waals surface area contributed by atoms with Gasteiger partial charge in [0.15, 0.2) is 0 Å². The minimum Gasteiger partial charge on any atom is -0.309 e. The molecule has 0 radical (unpaired) electrons. The van der Waals surface area contributed by atoms with Gasteiger partial charge in [-0.1, -0.05) is 13.3 Å². The Morgan fingerprint density at radius 2 is 2.26 bits per heavy atom. The summed E-state index contributed by atoms with van der Waals surface area (Å²) in [4.78, 5) is 8.74. The fraction of sp³-hybridized carbons (Fsp3) is 0.750. The first-order valence-corrected chi connectivity index (χ1v) is 7.86. The van der Waals surface area contributed by atoms with Crippen LogP contribution in [0.3, 0.4) is 0 Å². The summed E-state index contributed by atoms with van der Waals surface area (Å²) in [6.45, 7) is 3.29. The molecular weight excluding hydrogens is 234 g/mol. The van der Waals surface area contributed by atoms with E-state index in [1.165, 1.54) is 38.5 Å². The summed E-state index contributed by atoms with van der Waals surface area (Å²) in [7, 11) is 0. The van der Waals surface area contributed by atoms with Crippen molar-refractivity contribution in [1.29, 1.82) is 0 Å². The summed E-state index contributed by atoms with van der Waals surface area (Å²) >= 11 is 0. The maximum atomic E-state index is 4.51. The molecule has 3 nitrogen and oxygen atoms in total. The van der Waals surface area contributed by atoms with Crippen LogP contribution in [0.2, 0.25) is 0 Å². The van der Waals surface area contributed by atoms with E-state index in [1.54, 1.807) is 6.20 Å². The lowest BCUT2D eigenvalue weighted by Gasteiger charge is -2.27. The summed E-state index contributed by atoms with van der Waals surface area (Å²) in [5.41, 5.74) is 1.12. The number of nitrogens with one attached hydrogen (secondary N) is 1. The first kappa shape index (κ1) is 13.0. The molecule has 3 rings (SSSR count). The zero-order valence-corrected chi connectivity index (χ0v) is 11.9. The summed E-state index contributed by atoms with van der Waals surface area (Å²) in [5.74, 6) is 2.94. The van der Waals surface area contributed by atoms with Gasteiger partial charge in [-0.05, 0) is 56.4 Å². The maximum Gasteiger partial charge on any atom is 0.0756 e. The Kier molecular flexibility index (Phi) is 4.12. The van der Waals surface area contributed by atoms with Gasteiger partial charge in [0.2, 0.25) is 0 Å². The molecule has 3 heteroatoms. The summed E-state index contributed by atoms with van der Waals surface area (Å²) < 4.78 is 0. The number of hydrogen-bond donors (Lipinski definition) is 1. The van der Waals surface area contributed by atoms with Crippen LogP contribution in [0.25, 0.3) is 0 Å². The molecule has 0 spiro atoms. The van der Waals surface area contributed by atoms with Crippen molar-refractivity contribution in [3.8, 4) is 0 Å². The quantitative estimate of drug-likeness (QED) is 0.851. The van der Waals surface area contributed by atoms with Crippen molar-refractivity contribution < 1.29 is 0 Å². The molecule has 4 atom stereocenters. The molecule has 1 aromatic rings. The zero-order chi connectivity index (χ0) is 13.1. The molecule has 2 fully saturated rings. The van der Waals surface area contributed by atoms with Gasteiger partial charge in [0.25, 0.3) is 0 Å². The van der Waals surface area contributed by atoms with Crippen LogP contribution in [-0.2, 0) is 0 Å². The maximum absolute atomic E-state index is 4.51.